The average Bonchev–Trinajstić information content (AvgIpc) is 2.92. The van der Waals surface area contributed by atoms with E-state index in [0.717, 1.165) is 15.7 Å². The number of nitrogens with zero attached hydrogens (tertiary/aromatic N) is 2. The molecule has 0 radical (unpaired) electrons. The van der Waals surface area contributed by atoms with Crippen LogP contribution in [0, 0.1) is 12.8 Å². The number of amides is 2. The van der Waals surface area contributed by atoms with Gasteiger partial charge in [-0.15, -0.1) is 0 Å². The molecule has 1 N–H and O–H groups in total. The number of pyridine rings is 1. The lowest BCUT2D eigenvalue weighted by Crippen LogP contribution is -2.28. The first-order valence-electron chi connectivity index (χ1n) is 7.32. The molecule has 0 saturated carbocycles. The summed E-state index contributed by atoms with van der Waals surface area (Å²) in [5, 5.41) is 2.78. The molecule has 0 spiro atoms. The van der Waals surface area contributed by atoms with Gasteiger partial charge in [-0.05, 0) is 36.8 Å². The van der Waals surface area contributed by atoms with Crippen LogP contribution in [0.4, 0.5) is 11.5 Å². The highest BCUT2D eigenvalue weighted by Crippen LogP contribution is 2.27. The zero-order valence-corrected chi connectivity index (χ0v) is 14.2. The van der Waals surface area contributed by atoms with Crippen molar-refractivity contribution in [3.63, 3.8) is 0 Å². The molecule has 1 atom stereocenters. The van der Waals surface area contributed by atoms with Crippen LogP contribution in [0.3, 0.4) is 0 Å². The van der Waals surface area contributed by atoms with Gasteiger partial charge in [0.25, 0.3) is 0 Å². The van der Waals surface area contributed by atoms with Crippen molar-refractivity contribution < 1.29 is 9.59 Å². The van der Waals surface area contributed by atoms with Crippen LogP contribution < -0.4 is 10.2 Å². The Hall–Kier alpha value is -2.21. The van der Waals surface area contributed by atoms with Gasteiger partial charge in [0, 0.05) is 29.3 Å². The number of rotatable bonds is 3. The third-order valence-corrected chi connectivity index (χ3v) is 4.27. The summed E-state index contributed by atoms with van der Waals surface area (Å²) < 4.78 is 0.902. The maximum absolute atomic E-state index is 12.3. The molecule has 5 nitrogen and oxygen atoms in total. The predicted octanol–water partition coefficient (Wildman–Crippen LogP) is 3.14. The van der Waals surface area contributed by atoms with Crippen LogP contribution in [0.1, 0.15) is 12.0 Å². The minimum Gasteiger partial charge on any atom is -0.312 e. The van der Waals surface area contributed by atoms with E-state index >= 15 is 0 Å². The number of hydrogen-bond acceptors (Lipinski definition) is 3. The molecule has 1 aromatic carbocycles. The van der Waals surface area contributed by atoms with Crippen LogP contribution in [-0.4, -0.2) is 23.3 Å². The van der Waals surface area contributed by atoms with Gasteiger partial charge in [-0.1, -0.05) is 28.1 Å². The second kappa shape index (κ2) is 6.50. The number of benzene rings is 1. The van der Waals surface area contributed by atoms with Crippen molar-refractivity contribution in [1.29, 1.82) is 0 Å². The topological polar surface area (TPSA) is 62.3 Å². The molecule has 1 fully saturated rings. The largest absolute Gasteiger partial charge is 0.312 e. The lowest BCUT2D eigenvalue weighted by Gasteiger charge is -2.17. The zero-order valence-electron chi connectivity index (χ0n) is 12.6. The first kappa shape index (κ1) is 15.7. The van der Waals surface area contributed by atoms with E-state index in [-0.39, 0.29) is 24.2 Å². The van der Waals surface area contributed by atoms with Crippen molar-refractivity contribution in [3.05, 3.63) is 52.6 Å². The summed E-state index contributed by atoms with van der Waals surface area (Å²) in [6, 6.07) is 11.2. The Balaban J connectivity index is 1.69. The Morgan fingerprint density at radius 3 is 2.87 bits per heavy atom. The highest BCUT2D eigenvalue weighted by molar-refractivity contribution is 9.10. The fourth-order valence-corrected chi connectivity index (χ4v) is 2.93. The Morgan fingerprint density at radius 1 is 1.35 bits per heavy atom. The fraction of sp³-hybridized carbons (Fsp3) is 0.235. The Kier molecular flexibility index (Phi) is 4.43. The molecule has 1 saturated heterocycles. The van der Waals surface area contributed by atoms with Gasteiger partial charge in [-0.3, -0.25) is 9.59 Å². The van der Waals surface area contributed by atoms with Gasteiger partial charge in [0.15, 0.2) is 0 Å². The minimum atomic E-state index is -0.371. The molecule has 2 amide bonds. The molecule has 3 rings (SSSR count). The molecule has 2 heterocycles. The Morgan fingerprint density at radius 2 is 2.17 bits per heavy atom. The third kappa shape index (κ3) is 3.59. The molecular weight excluding hydrogens is 358 g/mol. The molecule has 118 valence electrons. The van der Waals surface area contributed by atoms with Crippen molar-refractivity contribution in [1.82, 2.24) is 4.98 Å². The Labute approximate surface area is 142 Å². The van der Waals surface area contributed by atoms with Crippen molar-refractivity contribution >= 4 is 39.2 Å². The normalized spacial score (nSPS) is 17.4. The molecule has 23 heavy (non-hydrogen) atoms. The van der Waals surface area contributed by atoms with E-state index in [1.54, 1.807) is 17.2 Å². The van der Waals surface area contributed by atoms with Gasteiger partial charge in [0.2, 0.25) is 11.8 Å². The van der Waals surface area contributed by atoms with E-state index in [1.807, 2.05) is 37.3 Å². The van der Waals surface area contributed by atoms with Crippen molar-refractivity contribution in [3.8, 4) is 0 Å². The quantitative estimate of drug-likeness (QED) is 0.898. The smallest absolute Gasteiger partial charge is 0.230 e. The van der Waals surface area contributed by atoms with E-state index in [1.165, 1.54) is 0 Å². The number of carbonyl (C=O) groups excluding carboxylic acids is 2. The lowest BCUT2D eigenvalue weighted by molar-refractivity contribution is -0.122. The summed E-state index contributed by atoms with van der Waals surface area (Å²) in [4.78, 5) is 30.4. The standard InChI is InChI=1S/C17H16BrN3O2/c1-11-5-6-15(19-9-11)20-17(23)12-7-16(22)21(10-12)14-4-2-3-13(18)8-14/h2-6,8-9,12H,7,10H2,1H3,(H,19,20,23). The van der Waals surface area contributed by atoms with Crippen LogP contribution in [0.2, 0.25) is 0 Å². The van der Waals surface area contributed by atoms with E-state index in [0.29, 0.717) is 12.4 Å². The molecule has 1 aliphatic heterocycles. The molecule has 0 aliphatic carbocycles. The first-order chi connectivity index (χ1) is 11.0. The van der Waals surface area contributed by atoms with Crippen molar-refractivity contribution in [2.75, 3.05) is 16.8 Å². The second-order valence-corrected chi connectivity index (χ2v) is 6.51. The second-order valence-electron chi connectivity index (χ2n) is 5.60. The number of anilines is 2. The van der Waals surface area contributed by atoms with Gasteiger partial charge in [-0.2, -0.15) is 0 Å². The van der Waals surface area contributed by atoms with Crippen molar-refractivity contribution in [2.45, 2.75) is 13.3 Å². The minimum absolute atomic E-state index is 0.0416. The predicted molar refractivity (Wildman–Crippen MR) is 92.2 cm³/mol. The Bertz CT molecular complexity index is 746. The van der Waals surface area contributed by atoms with Gasteiger partial charge in [0.05, 0.1) is 5.92 Å². The van der Waals surface area contributed by atoms with Gasteiger partial charge in [-0.25, -0.2) is 4.98 Å². The van der Waals surface area contributed by atoms with E-state index < -0.39 is 0 Å². The summed E-state index contributed by atoms with van der Waals surface area (Å²) >= 11 is 3.40. The summed E-state index contributed by atoms with van der Waals surface area (Å²) in [5.74, 6) is -0.0779. The highest BCUT2D eigenvalue weighted by atomic mass is 79.9. The highest BCUT2D eigenvalue weighted by Gasteiger charge is 2.35. The summed E-state index contributed by atoms with van der Waals surface area (Å²) in [6.07, 6.45) is 1.91. The fourth-order valence-electron chi connectivity index (χ4n) is 2.55. The van der Waals surface area contributed by atoms with E-state index in [4.69, 9.17) is 0 Å². The third-order valence-electron chi connectivity index (χ3n) is 3.78. The molecule has 1 unspecified atom stereocenters. The maximum atomic E-state index is 12.3. The van der Waals surface area contributed by atoms with Crippen LogP contribution in [-0.2, 0) is 9.59 Å². The number of halogens is 1. The maximum Gasteiger partial charge on any atom is 0.230 e. The monoisotopic (exact) mass is 373 g/mol. The summed E-state index contributed by atoms with van der Waals surface area (Å²) in [6.45, 7) is 2.32. The van der Waals surface area contributed by atoms with E-state index in [2.05, 4.69) is 26.2 Å². The molecule has 1 aromatic heterocycles. The first-order valence-corrected chi connectivity index (χ1v) is 8.11. The number of nitrogens with one attached hydrogen (secondary N) is 1. The zero-order chi connectivity index (χ0) is 16.4. The number of aryl methyl sites for hydroxylation is 1. The molecule has 0 bridgehead atoms. The lowest BCUT2D eigenvalue weighted by atomic mass is 10.1. The molecule has 1 aliphatic rings. The van der Waals surface area contributed by atoms with Crippen LogP contribution in [0.5, 0.6) is 0 Å². The van der Waals surface area contributed by atoms with Gasteiger partial charge < -0.3 is 10.2 Å². The van der Waals surface area contributed by atoms with Crippen LogP contribution in [0.25, 0.3) is 0 Å². The summed E-state index contributed by atoms with van der Waals surface area (Å²) in [7, 11) is 0. The van der Waals surface area contributed by atoms with E-state index in [9.17, 15) is 9.59 Å². The molecular formula is C17H16BrN3O2. The number of hydrogen-bond donors (Lipinski definition) is 1. The van der Waals surface area contributed by atoms with Crippen molar-refractivity contribution in [2.24, 2.45) is 5.92 Å². The van der Waals surface area contributed by atoms with Gasteiger partial charge in [0.1, 0.15) is 5.82 Å². The molecule has 6 heteroatoms. The SMILES string of the molecule is Cc1ccc(NC(=O)C2CC(=O)N(c3cccc(Br)c3)C2)nc1. The van der Waals surface area contributed by atoms with Crippen LogP contribution in [0.15, 0.2) is 47.1 Å². The van der Waals surface area contributed by atoms with Crippen LogP contribution >= 0.6 is 15.9 Å². The summed E-state index contributed by atoms with van der Waals surface area (Å²) in [5.41, 5.74) is 1.83. The molecule has 2 aromatic rings. The number of carbonyl (C=O) groups is 2. The average molecular weight is 374 g/mol. The van der Waals surface area contributed by atoms with Gasteiger partial charge >= 0.3 is 0 Å². The number of aromatic nitrogens is 1.